The van der Waals surface area contributed by atoms with E-state index in [0.717, 1.165) is 22.6 Å². The summed E-state index contributed by atoms with van der Waals surface area (Å²) in [6.45, 7) is 5.91. The Bertz CT molecular complexity index is 1040. The number of fused-ring (bicyclic) bond motifs is 1. The van der Waals surface area contributed by atoms with Crippen LogP contribution in [0.15, 0.2) is 36.4 Å². The first-order valence-corrected chi connectivity index (χ1v) is 9.50. The first-order chi connectivity index (χ1) is 14.0. The second-order valence-electron chi connectivity index (χ2n) is 7.24. The van der Waals surface area contributed by atoms with Crippen LogP contribution < -0.4 is 14.8 Å². The molecular formula is C21H23N5O3. The molecule has 1 aliphatic heterocycles. The maximum Gasteiger partial charge on any atom is 0.233 e. The highest BCUT2D eigenvalue weighted by Crippen LogP contribution is 2.40. The molecule has 150 valence electrons. The topological polar surface area (TPSA) is 91.2 Å². The van der Waals surface area contributed by atoms with Crippen molar-refractivity contribution in [3.8, 4) is 17.4 Å². The zero-order valence-electron chi connectivity index (χ0n) is 16.8. The van der Waals surface area contributed by atoms with E-state index in [1.807, 2.05) is 45.0 Å². The zero-order chi connectivity index (χ0) is 20.5. The molecule has 0 spiro atoms. The lowest BCUT2D eigenvalue weighted by molar-refractivity contribution is -0.116. The van der Waals surface area contributed by atoms with Gasteiger partial charge in [0.05, 0.1) is 18.9 Å². The van der Waals surface area contributed by atoms with Gasteiger partial charge in [0.2, 0.25) is 11.8 Å². The molecule has 3 heterocycles. The van der Waals surface area contributed by atoms with Gasteiger partial charge in [-0.1, -0.05) is 12.1 Å². The maximum atomic E-state index is 12.5. The largest absolute Gasteiger partial charge is 0.491 e. The van der Waals surface area contributed by atoms with Gasteiger partial charge in [0.25, 0.3) is 0 Å². The summed E-state index contributed by atoms with van der Waals surface area (Å²) in [6.07, 6.45) is 0.424. The molecule has 0 radical (unpaired) electrons. The first kappa shape index (κ1) is 18.9. The normalized spacial score (nSPS) is 15.8. The van der Waals surface area contributed by atoms with Gasteiger partial charge in [-0.3, -0.25) is 4.79 Å². The molecule has 8 heteroatoms. The number of hydrogen-bond acceptors (Lipinski definition) is 6. The summed E-state index contributed by atoms with van der Waals surface area (Å²) >= 11 is 0. The second kappa shape index (κ2) is 7.54. The van der Waals surface area contributed by atoms with Crippen molar-refractivity contribution in [2.75, 3.05) is 12.4 Å². The third kappa shape index (κ3) is 3.65. The number of anilines is 1. The highest BCUT2D eigenvalue weighted by atomic mass is 16.5. The zero-order valence-corrected chi connectivity index (χ0v) is 16.8. The SMILES string of the molecule is COc1ccc(-n2nc(C)c3c2NC(=O)C[C@@H]3c2cccc(OC(C)C)c2)nn1. The monoisotopic (exact) mass is 393 g/mol. The van der Waals surface area contributed by atoms with Gasteiger partial charge in [-0.15, -0.1) is 10.2 Å². The van der Waals surface area contributed by atoms with Gasteiger partial charge >= 0.3 is 0 Å². The summed E-state index contributed by atoms with van der Waals surface area (Å²) in [6, 6.07) is 11.4. The Labute approximate surface area is 168 Å². The molecule has 3 aromatic rings. The van der Waals surface area contributed by atoms with Crippen molar-refractivity contribution in [1.82, 2.24) is 20.0 Å². The van der Waals surface area contributed by atoms with Gasteiger partial charge < -0.3 is 14.8 Å². The van der Waals surface area contributed by atoms with Gasteiger partial charge in [-0.05, 0) is 44.5 Å². The first-order valence-electron chi connectivity index (χ1n) is 9.50. The summed E-state index contributed by atoms with van der Waals surface area (Å²) in [5.74, 6) is 2.15. The fourth-order valence-corrected chi connectivity index (χ4v) is 3.61. The van der Waals surface area contributed by atoms with Crippen molar-refractivity contribution in [2.24, 2.45) is 0 Å². The van der Waals surface area contributed by atoms with E-state index in [9.17, 15) is 4.79 Å². The number of benzene rings is 1. The van der Waals surface area contributed by atoms with Crippen LogP contribution >= 0.6 is 0 Å². The molecule has 4 rings (SSSR count). The van der Waals surface area contributed by atoms with E-state index in [4.69, 9.17) is 9.47 Å². The molecule has 29 heavy (non-hydrogen) atoms. The van der Waals surface area contributed by atoms with Gasteiger partial charge in [-0.2, -0.15) is 9.78 Å². The van der Waals surface area contributed by atoms with Crippen molar-refractivity contribution in [2.45, 2.75) is 39.2 Å². The Morgan fingerprint density at radius 1 is 1.21 bits per heavy atom. The lowest BCUT2D eigenvalue weighted by Crippen LogP contribution is -2.25. The second-order valence-corrected chi connectivity index (χ2v) is 7.24. The maximum absolute atomic E-state index is 12.5. The number of hydrogen-bond donors (Lipinski definition) is 1. The quantitative estimate of drug-likeness (QED) is 0.716. The molecule has 1 aromatic carbocycles. The van der Waals surface area contributed by atoms with E-state index >= 15 is 0 Å². The predicted octanol–water partition coefficient (Wildman–Crippen LogP) is 3.24. The number of ether oxygens (including phenoxy) is 2. The lowest BCUT2D eigenvalue weighted by atomic mass is 9.86. The van der Waals surface area contributed by atoms with E-state index in [1.165, 1.54) is 7.11 Å². The van der Waals surface area contributed by atoms with Crippen LogP contribution in [0.3, 0.4) is 0 Å². The minimum Gasteiger partial charge on any atom is -0.491 e. The van der Waals surface area contributed by atoms with Crippen molar-refractivity contribution in [3.63, 3.8) is 0 Å². The van der Waals surface area contributed by atoms with Crippen LogP contribution in [0.2, 0.25) is 0 Å². The molecule has 1 atom stereocenters. The Balaban J connectivity index is 1.78. The molecule has 8 nitrogen and oxygen atoms in total. The van der Waals surface area contributed by atoms with Gasteiger partial charge in [0.15, 0.2) is 5.82 Å². The van der Waals surface area contributed by atoms with Crippen LogP contribution in [0, 0.1) is 6.92 Å². The highest BCUT2D eigenvalue weighted by molar-refractivity contribution is 5.95. The molecular weight excluding hydrogens is 370 g/mol. The summed E-state index contributed by atoms with van der Waals surface area (Å²) in [5, 5.41) is 15.8. The molecule has 0 fully saturated rings. The molecule has 1 aliphatic rings. The summed E-state index contributed by atoms with van der Waals surface area (Å²) in [7, 11) is 1.53. The van der Waals surface area contributed by atoms with Gasteiger partial charge in [0, 0.05) is 24.0 Å². The fourth-order valence-electron chi connectivity index (χ4n) is 3.61. The Morgan fingerprint density at radius 3 is 2.72 bits per heavy atom. The fraction of sp³-hybridized carbons (Fsp3) is 0.333. The predicted molar refractivity (Wildman–Crippen MR) is 108 cm³/mol. The number of carbonyl (C=O) groups is 1. The average molecular weight is 393 g/mol. The molecule has 0 saturated carbocycles. The summed E-state index contributed by atoms with van der Waals surface area (Å²) in [5.41, 5.74) is 2.82. The van der Waals surface area contributed by atoms with E-state index in [0.29, 0.717) is 23.9 Å². The molecule has 0 saturated heterocycles. The number of carbonyl (C=O) groups excluding carboxylic acids is 1. The Morgan fingerprint density at radius 2 is 2.03 bits per heavy atom. The Hall–Kier alpha value is -3.42. The van der Waals surface area contributed by atoms with E-state index < -0.39 is 0 Å². The number of rotatable bonds is 5. The molecule has 0 bridgehead atoms. The number of nitrogens with zero attached hydrogens (tertiary/aromatic N) is 4. The highest BCUT2D eigenvalue weighted by Gasteiger charge is 2.33. The number of aryl methyl sites for hydroxylation is 1. The van der Waals surface area contributed by atoms with Crippen LogP contribution in [0.4, 0.5) is 5.82 Å². The molecule has 0 aliphatic carbocycles. The third-order valence-corrected chi connectivity index (χ3v) is 4.79. The minimum absolute atomic E-state index is 0.0692. The number of methoxy groups -OCH3 is 1. The number of nitrogens with one attached hydrogen (secondary N) is 1. The third-order valence-electron chi connectivity index (χ3n) is 4.79. The summed E-state index contributed by atoms with van der Waals surface area (Å²) in [4.78, 5) is 12.5. The van der Waals surface area contributed by atoms with Gasteiger partial charge in [-0.25, -0.2) is 0 Å². The number of amides is 1. The molecule has 1 amide bonds. The molecule has 1 N–H and O–H groups in total. The van der Waals surface area contributed by atoms with Crippen LogP contribution in [0.1, 0.15) is 43.0 Å². The van der Waals surface area contributed by atoms with E-state index in [1.54, 1.807) is 16.8 Å². The van der Waals surface area contributed by atoms with Crippen LogP contribution in [0.25, 0.3) is 5.82 Å². The molecule has 0 unspecified atom stereocenters. The summed E-state index contributed by atoms with van der Waals surface area (Å²) < 4.78 is 12.5. The van der Waals surface area contributed by atoms with Crippen LogP contribution in [-0.2, 0) is 4.79 Å². The van der Waals surface area contributed by atoms with Gasteiger partial charge in [0.1, 0.15) is 11.6 Å². The standard InChI is InChI=1S/C21H23N5O3/c1-12(2)29-15-7-5-6-14(10-15)16-11-18(27)22-21-20(16)13(3)25-26(21)17-8-9-19(28-4)24-23-17/h5-10,12,16H,11H2,1-4H3,(H,22,27)/t16-/m1/s1. The smallest absolute Gasteiger partial charge is 0.233 e. The van der Waals surface area contributed by atoms with Crippen molar-refractivity contribution >= 4 is 11.7 Å². The van der Waals surface area contributed by atoms with Crippen LogP contribution in [0.5, 0.6) is 11.6 Å². The van der Waals surface area contributed by atoms with Crippen molar-refractivity contribution < 1.29 is 14.3 Å². The molecule has 2 aromatic heterocycles. The minimum atomic E-state index is -0.116. The lowest BCUT2D eigenvalue weighted by Gasteiger charge is -2.24. The van der Waals surface area contributed by atoms with E-state index in [-0.39, 0.29) is 17.9 Å². The van der Waals surface area contributed by atoms with Crippen LogP contribution in [-0.4, -0.2) is 39.1 Å². The number of aromatic nitrogens is 4. The Kier molecular flexibility index (Phi) is 4.92. The van der Waals surface area contributed by atoms with Crippen molar-refractivity contribution in [3.05, 3.63) is 53.2 Å². The van der Waals surface area contributed by atoms with E-state index in [2.05, 4.69) is 20.6 Å². The average Bonchev–Trinajstić information content (AvgIpc) is 3.03. The van der Waals surface area contributed by atoms with Crippen molar-refractivity contribution in [1.29, 1.82) is 0 Å².